The van der Waals surface area contributed by atoms with Gasteiger partial charge in [-0.05, 0) is 17.7 Å². The fourth-order valence-corrected chi connectivity index (χ4v) is 1.63. The Kier molecular flexibility index (Phi) is 4.87. The lowest BCUT2D eigenvalue weighted by atomic mass is 9.84. The van der Waals surface area contributed by atoms with E-state index < -0.39 is 0 Å². The maximum absolute atomic E-state index is 11.2. The average molecular weight is 253 g/mol. The van der Waals surface area contributed by atoms with Crippen LogP contribution in [-0.2, 0) is 10.2 Å². The maximum Gasteiger partial charge on any atom is 0.229 e. The molecule has 1 N–H and O–H groups in total. The van der Waals surface area contributed by atoms with E-state index in [1.165, 1.54) is 0 Å². The van der Waals surface area contributed by atoms with Gasteiger partial charge in [0.25, 0.3) is 0 Å². The zero-order valence-corrected chi connectivity index (χ0v) is 11.4. The highest BCUT2D eigenvalue weighted by molar-refractivity contribution is 7.81. The van der Waals surface area contributed by atoms with E-state index in [0.29, 0.717) is 6.54 Å². The summed E-state index contributed by atoms with van der Waals surface area (Å²) in [6.45, 7) is 4.78. The van der Waals surface area contributed by atoms with Crippen molar-refractivity contribution in [2.24, 2.45) is 0 Å². The van der Waals surface area contributed by atoms with Crippen LogP contribution in [0.15, 0.2) is 24.3 Å². The third kappa shape index (κ3) is 3.97. The number of hydrogen-bond donors (Lipinski definition) is 2. The SMILES string of the molecule is COc1ccc(C(C)(C)CNC(=O)CS)cc1. The molecule has 0 fully saturated rings. The van der Waals surface area contributed by atoms with Crippen molar-refractivity contribution in [3.8, 4) is 5.75 Å². The first kappa shape index (κ1) is 13.9. The maximum atomic E-state index is 11.2. The molecule has 0 aliphatic rings. The van der Waals surface area contributed by atoms with Gasteiger partial charge < -0.3 is 10.1 Å². The van der Waals surface area contributed by atoms with Crippen LogP contribution in [0.4, 0.5) is 0 Å². The second kappa shape index (κ2) is 5.96. The lowest BCUT2D eigenvalue weighted by Crippen LogP contribution is -2.37. The topological polar surface area (TPSA) is 38.3 Å². The quantitative estimate of drug-likeness (QED) is 0.788. The van der Waals surface area contributed by atoms with Crippen LogP contribution in [-0.4, -0.2) is 25.3 Å². The number of thiol groups is 1. The van der Waals surface area contributed by atoms with Gasteiger partial charge in [0.15, 0.2) is 0 Å². The zero-order valence-electron chi connectivity index (χ0n) is 10.5. The van der Waals surface area contributed by atoms with Gasteiger partial charge in [-0.1, -0.05) is 26.0 Å². The van der Waals surface area contributed by atoms with Crippen LogP contribution < -0.4 is 10.1 Å². The van der Waals surface area contributed by atoms with E-state index >= 15 is 0 Å². The normalized spacial score (nSPS) is 11.1. The molecule has 3 nitrogen and oxygen atoms in total. The minimum atomic E-state index is -0.106. The van der Waals surface area contributed by atoms with Gasteiger partial charge in [0.2, 0.25) is 5.91 Å². The Morgan fingerprint density at radius 3 is 2.41 bits per heavy atom. The Bertz CT molecular complexity index is 374. The van der Waals surface area contributed by atoms with Crippen LogP contribution in [0.3, 0.4) is 0 Å². The van der Waals surface area contributed by atoms with Crippen molar-refractivity contribution in [3.05, 3.63) is 29.8 Å². The highest BCUT2D eigenvalue weighted by Gasteiger charge is 2.21. The summed E-state index contributed by atoms with van der Waals surface area (Å²) >= 11 is 3.93. The molecular weight excluding hydrogens is 234 g/mol. The van der Waals surface area contributed by atoms with Gasteiger partial charge in [0, 0.05) is 12.0 Å². The smallest absolute Gasteiger partial charge is 0.229 e. The molecule has 1 aromatic rings. The Morgan fingerprint density at radius 2 is 1.94 bits per heavy atom. The molecule has 1 rings (SSSR count). The van der Waals surface area contributed by atoms with E-state index in [0.717, 1.165) is 11.3 Å². The molecule has 0 spiro atoms. The molecule has 1 aromatic carbocycles. The van der Waals surface area contributed by atoms with Crippen LogP contribution in [0.5, 0.6) is 5.75 Å². The lowest BCUT2D eigenvalue weighted by molar-refractivity contribution is -0.118. The largest absolute Gasteiger partial charge is 0.497 e. The summed E-state index contributed by atoms with van der Waals surface area (Å²) in [5.74, 6) is 1.01. The molecule has 0 aromatic heterocycles. The molecule has 0 unspecified atom stereocenters. The third-order valence-electron chi connectivity index (χ3n) is 2.74. The van der Waals surface area contributed by atoms with Gasteiger partial charge in [-0.3, -0.25) is 4.79 Å². The van der Waals surface area contributed by atoms with Gasteiger partial charge >= 0.3 is 0 Å². The molecule has 0 radical (unpaired) electrons. The fraction of sp³-hybridized carbons (Fsp3) is 0.462. The molecule has 0 saturated carbocycles. The molecule has 17 heavy (non-hydrogen) atoms. The Balaban J connectivity index is 2.70. The molecule has 1 amide bonds. The van der Waals surface area contributed by atoms with E-state index in [1.807, 2.05) is 24.3 Å². The van der Waals surface area contributed by atoms with Crippen molar-refractivity contribution >= 4 is 18.5 Å². The summed E-state index contributed by atoms with van der Waals surface area (Å²) in [5, 5.41) is 2.85. The fourth-order valence-electron chi connectivity index (χ4n) is 1.52. The van der Waals surface area contributed by atoms with Crippen LogP contribution in [0, 0.1) is 0 Å². The van der Waals surface area contributed by atoms with Crippen molar-refractivity contribution in [1.29, 1.82) is 0 Å². The second-order valence-corrected chi connectivity index (χ2v) is 4.86. The Morgan fingerprint density at radius 1 is 1.35 bits per heavy atom. The average Bonchev–Trinajstić information content (AvgIpc) is 2.36. The van der Waals surface area contributed by atoms with Crippen LogP contribution >= 0.6 is 12.6 Å². The van der Waals surface area contributed by atoms with Crippen molar-refractivity contribution < 1.29 is 9.53 Å². The van der Waals surface area contributed by atoms with E-state index in [9.17, 15) is 4.79 Å². The number of nitrogens with one attached hydrogen (secondary N) is 1. The summed E-state index contributed by atoms with van der Waals surface area (Å²) < 4.78 is 5.12. The summed E-state index contributed by atoms with van der Waals surface area (Å²) in [7, 11) is 1.65. The molecule has 0 saturated heterocycles. The first-order valence-electron chi connectivity index (χ1n) is 5.51. The van der Waals surface area contributed by atoms with Crippen molar-refractivity contribution in [1.82, 2.24) is 5.32 Å². The summed E-state index contributed by atoms with van der Waals surface area (Å²) in [4.78, 5) is 11.2. The third-order valence-corrected chi connectivity index (χ3v) is 3.03. The van der Waals surface area contributed by atoms with E-state index in [1.54, 1.807) is 7.11 Å². The molecule has 0 bridgehead atoms. The molecule has 94 valence electrons. The number of benzene rings is 1. The number of hydrogen-bond acceptors (Lipinski definition) is 3. The van der Waals surface area contributed by atoms with Gasteiger partial charge in [0.05, 0.1) is 12.9 Å². The monoisotopic (exact) mass is 253 g/mol. The first-order chi connectivity index (χ1) is 7.99. The zero-order chi connectivity index (χ0) is 12.9. The highest BCUT2D eigenvalue weighted by Crippen LogP contribution is 2.24. The van der Waals surface area contributed by atoms with Crippen molar-refractivity contribution in [2.75, 3.05) is 19.4 Å². The summed E-state index contributed by atoms with van der Waals surface area (Å²) in [5.41, 5.74) is 1.06. The van der Waals surface area contributed by atoms with Crippen LogP contribution in [0.1, 0.15) is 19.4 Å². The van der Waals surface area contributed by atoms with E-state index in [4.69, 9.17) is 4.74 Å². The lowest BCUT2D eigenvalue weighted by Gasteiger charge is -2.25. The van der Waals surface area contributed by atoms with Gasteiger partial charge in [-0.15, -0.1) is 0 Å². The number of carbonyl (C=O) groups excluding carboxylic acids is 1. The summed E-state index contributed by atoms with van der Waals surface area (Å²) in [6, 6.07) is 7.90. The molecule has 0 aliphatic carbocycles. The standard InChI is InChI=1S/C13H19NO2S/c1-13(2,9-14-12(15)8-17)10-4-6-11(16-3)7-5-10/h4-7,17H,8-9H2,1-3H3,(H,14,15). The minimum Gasteiger partial charge on any atom is -0.497 e. The minimum absolute atomic E-state index is 0.0464. The first-order valence-corrected chi connectivity index (χ1v) is 6.15. The molecule has 0 heterocycles. The molecule has 4 heteroatoms. The number of carbonyl (C=O) groups is 1. The number of ether oxygens (including phenoxy) is 1. The van der Waals surface area contributed by atoms with E-state index in [-0.39, 0.29) is 17.1 Å². The van der Waals surface area contributed by atoms with Gasteiger partial charge in [-0.25, -0.2) is 0 Å². The van der Waals surface area contributed by atoms with Crippen LogP contribution in [0.25, 0.3) is 0 Å². The van der Waals surface area contributed by atoms with E-state index in [2.05, 4.69) is 31.8 Å². The number of methoxy groups -OCH3 is 1. The summed E-state index contributed by atoms with van der Waals surface area (Å²) in [6.07, 6.45) is 0. The number of amides is 1. The molecule has 0 atom stereocenters. The molecular formula is C13H19NO2S. The predicted molar refractivity (Wildman–Crippen MR) is 72.9 cm³/mol. The number of rotatable bonds is 5. The van der Waals surface area contributed by atoms with Crippen molar-refractivity contribution in [3.63, 3.8) is 0 Å². The predicted octanol–water partition coefficient (Wildman–Crippen LogP) is 2.02. The molecule has 0 aliphatic heterocycles. The van der Waals surface area contributed by atoms with Crippen LogP contribution in [0.2, 0.25) is 0 Å². The Hall–Kier alpha value is -1.16. The highest BCUT2D eigenvalue weighted by atomic mass is 32.1. The van der Waals surface area contributed by atoms with Gasteiger partial charge in [-0.2, -0.15) is 12.6 Å². The second-order valence-electron chi connectivity index (χ2n) is 4.55. The van der Waals surface area contributed by atoms with Gasteiger partial charge in [0.1, 0.15) is 5.75 Å². The van der Waals surface area contributed by atoms with Crippen molar-refractivity contribution in [2.45, 2.75) is 19.3 Å². The Labute approximate surface area is 108 Å².